The van der Waals surface area contributed by atoms with Crippen molar-refractivity contribution < 1.29 is 0 Å². The Labute approximate surface area is 116 Å². The normalized spacial score (nSPS) is 12.6. The lowest BCUT2D eigenvalue weighted by Gasteiger charge is -2.12. The lowest BCUT2D eigenvalue weighted by atomic mass is 10.0. The first-order valence-corrected chi connectivity index (χ1v) is 7.49. The van der Waals surface area contributed by atoms with Gasteiger partial charge in [0.15, 0.2) is 0 Å². The third-order valence-electron chi connectivity index (χ3n) is 3.26. The molecule has 1 heterocycles. The molecular weight excluding hydrogens is 244 g/mol. The van der Waals surface area contributed by atoms with Gasteiger partial charge in [-0.05, 0) is 18.6 Å². The Bertz CT molecular complexity index is 328. The lowest BCUT2D eigenvalue weighted by Crippen LogP contribution is -2.12. The molecule has 2 nitrogen and oxygen atoms in total. The van der Waals surface area contributed by atoms with Gasteiger partial charge < -0.3 is 5.73 Å². The zero-order valence-corrected chi connectivity index (χ0v) is 12.1. The van der Waals surface area contributed by atoms with Crippen LogP contribution in [0.3, 0.4) is 0 Å². The van der Waals surface area contributed by atoms with Crippen LogP contribution in [-0.4, -0.2) is 4.98 Å². The molecule has 0 aliphatic heterocycles. The van der Waals surface area contributed by atoms with Crippen LogP contribution in [0.5, 0.6) is 0 Å². The average molecular weight is 269 g/mol. The molecule has 2 N–H and O–H groups in total. The van der Waals surface area contributed by atoms with Crippen molar-refractivity contribution in [2.45, 2.75) is 64.3 Å². The van der Waals surface area contributed by atoms with Crippen molar-refractivity contribution in [3.05, 3.63) is 29.0 Å². The molecule has 0 saturated carbocycles. The van der Waals surface area contributed by atoms with E-state index in [1.807, 2.05) is 12.1 Å². The number of nitrogens with zero attached hydrogens (tertiary/aromatic N) is 1. The van der Waals surface area contributed by atoms with E-state index in [4.69, 9.17) is 17.3 Å². The highest BCUT2D eigenvalue weighted by Gasteiger charge is 2.10. The van der Waals surface area contributed by atoms with Gasteiger partial charge in [-0.3, -0.25) is 4.98 Å². The van der Waals surface area contributed by atoms with E-state index in [0.717, 1.165) is 12.1 Å². The molecule has 0 fully saturated rings. The van der Waals surface area contributed by atoms with Crippen molar-refractivity contribution in [2.24, 2.45) is 5.73 Å². The maximum absolute atomic E-state index is 6.11. The molecule has 1 unspecified atom stereocenters. The van der Waals surface area contributed by atoms with Crippen LogP contribution in [0.1, 0.15) is 70.0 Å². The van der Waals surface area contributed by atoms with Gasteiger partial charge >= 0.3 is 0 Å². The molecule has 1 aromatic heterocycles. The van der Waals surface area contributed by atoms with Gasteiger partial charge in [-0.1, -0.05) is 63.5 Å². The van der Waals surface area contributed by atoms with Gasteiger partial charge in [0, 0.05) is 12.2 Å². The number of aromatic nitrogens is 1. The number of halogens is 1. The van der Waals surface area contributed by atoms with Gasteiger partial charge in [0.05, 0.1) is 10.7 Å². The van der Waals surface area contributed by atoms with Crippen LogP contribution in [0, 0.1) is 0 Å². The first-order valence-electron chi connectivity index (χ1n) is 7.11. The zero-order valence-electron chi connectivity index (χ0n) is 11.4. The van der Waals surface area contributed by atoms with Crippen LogP contribution in [-0.2, 0) is 0 Å². The van der Waals surface area contributed by atoms with Crippen LogP contribution in [0.15, 0.2) is 18.3 Å². The van der Waals surface area contributed by atoms with E-state index < -0.39 is 0 Å². The second-order valence-electron chi connectivity index (χ2n) is 4.89. The molecule has 1 atom stereocenters. The molecule has 0 saturated heterocycles. The van der Waals surface area contributed by atoms with E-state index in [9.17, 15) is 0 Å². The molecule has 18 heavy (non-hydrogen) atoms. The maximum atomic E-state index is 6.11. The van der Waals surface area contributed by atoms with Crippen molar-refractivity contribution in [1.82, 2.24) is 4.98 Å². The summed E-state index contributed by atoms with van der Waals surface area (Å²) in [5, 5.41) is 0.688. The van der Waals surface area contributed by atoms with Gasteiger partial charge in [0.25, 0.3) is 0 Å². The van der Waals surface area contributed by atoms with E-state index in [2.05, 4.69) is 11.9 Å². The smallest absolute Gasteiger partial charge is 0.0756 e. The number of hydrogen-bond donors (Lipinski definition) is 1. The summed E-state index contributed by atoms with van der Waals surface area (Å²) in [5.41, 5.74) is 6.95. The molecule has 0 amide bonds. The van der Waals surface area contributed by atoms with Crippen LogP contribution in [0.4, 0.5) is 0 Å². The topological polar surface area (TPSA) is 38.9 Å². The minimum Gasteiger partial charge on any atom is -0.323 e. The van der Waals surface area contributed by atoms with Crippen molar-refractivity contribution in [2.75, 3.05) is 0 Å². The zero-order chi connectivity index (χ0) is 13.2. The van der Waals surface area contributed by atoms with Gasteiger partial charge in [-0.15, -0.1) is 0 Å². The fourth-order valence-corrected chi connectivity index (χ4v) is 2.39. The van der Waals surface area contributed by atoms with Crippen LogP contribution in [0.25, 0.3) is 0 Å². The molecule has 0 aliphatic rings. The predicted molar refractivity (Wildman–Crippen MR) is 78.8 cm³/mol. The van der Waals surface area contributed by atoms with E-state index >= 15 is 0 Å². The minimum absolute atomic E-state index is 0.0191. The SMILES string of the molecule is CCCCCCCCCC(N)c1ncccc1Cl. The fraction of sp³-hybridized carbons (Fsp3) is 0.667. The molecule has 1 aromatic rings. The van der Waals surface area contributed by atoms with Gasteiger partial charge in [0.1, 0.15) is 0 Å². The second kappa shape index (κ2) is 9.35. The Morgan fingerprint density at radius 1 is 1.17 bits per heavy atom. The second-order valence-corrected chi connectivity index (χ2v) is 5.29. The highest BCUT2D eigenvalue weighted by atomic mass is 35.5. The largest absolute Gasteiger partial charge is 0.323 e. The third-order valence-corrected chi connectivity index (χ3v) is 3.58. The molecule has 0 bridgehead atoms. The summed E-state index contributed by atoms with van der Waals surface area (Å²) in [5.74, 6) is 0. The summed E-state index contributed by atoms with van der Waals surface area (Å²) in [6, 6.07) is 3.68. The Morgan fingerprint density at radius 2 is 1.83 bits per heavy atom. The summed E-state index contributed by atoms with van der Waals surface area (Å²) in [6.45, 7) is 2.25. The molecule has 0 aromatic carbocycles. The summed E-state index contributed by atoms with van der Waals surface area (Å²) < 4.78 is 0. The van der Waals surface area contributed by atoms with Crippen LogP contribution in [0.2, 0.25) is 5.02 Å². The molecular formula is C15H25ClN2. The van der Waals surface area contributed by atoms with Gasteiger partial charge in [-0.2, -0.15) is 0 Å². The highest BCUT2D eigenvalue weighted by molar-refractivity contribution is 6.31. The van der Waals surface area contributed by atoms with Crippen molar-refractivity contribution in [3.63, 3.8) is 0 Å². The molecule has 0 radical (unpaired) electrons. The monoisotopic (exact) mass is 268 g/mol. The number of rotatable bonds is 9. The van der Waals surface area contributed by atoms with Crippen molar-refractivity contribution >= 4 is 11.6 Å². The van der Waals surface area contributed by atoms with Crippen LogP contribution < -0.4 is 5.73 Å². The summed E-state index contributed by atoms with van der Waals surface area (Å²) >= 11 is 6.07. The number of pyridine rings is 1. The number of unbranched alkanes of at least 4 members (excludes halogenated alkanes) is 6. The van der Waals surface area contributed by atoms with Crippen LogP contribution >= 0.6 is 11.6 Å². The summed E-state index contributed by atoms with van der Waals surface area (Å²) in [4.78, 5) is 4.26. The van der Waals surface area contributed by atoms with Crippen molar-refractivity contribution in [3.8, 4) is 0 Å². The molecule has 0 aliphatic carbocycles. The van der Waals surface area contributed by atoms with Crippen molar-refractivity contribution in [1.29, 1.82) is 0 Å². The average Bonchev–Trinajstić information content (AvgIpc) is 2.38. The number of nitrogens with two attached hydrogens (primary N) is 1. The Kier molecular flexibility index (Phi) is 8.03. The Balaban J connectivity index is 2.14. The van der Waals surface area contributed by atoms with E-state index in [-0.39, 0.29) is 6.04 Å². The first-order chi connectivity index (χ1) is 8.75. The van der Waals surface area contributed by atoms with E-state index in [1.54, 1.807) is 6.20 Å². The number of hydrogen-bond acceptors (Lipinski definition) is 2. The Morgan fingerprint density at radius 3 is 2.50 bits per heavy atom. The third kappa shape index (κ3) is 5.83. The Hall–Kier alpha value is -0.600. The lowest BCUT2D eigenvalue weighted by molar-refractivity contribution is 0.535. The minimum atomic E-state index is -0.0191. The summed E-state index contributed by atoms with van der Waals surface area (Å²) in [7, 11) is 0. The quantitative estimate of drug-likeness (QED) is 0.649. The summed E-state index contributed by atoms with van der Waals surface area (Å²) in [6.07, 6.45) is 11.9. The van der Waals surface area contributed by atoms with Gasteiger partial charge in [-0.25, -0.2) is 0 Å². The molecule has 0 spiro atoms. The molecule has 3 heteroatoms. The first kappa shape index (κ1) is 15.5. The molecule has 1 rings (SSSR count). The maximum Gasteiger partial charge on any atom is 0.0756 e. The van der Waals surface area contributed by atoms with E-state index in [0.29, 0.717) is 5.02 Å². The fourth-order valence-electron chi connectivity index (χ4n) is 2.13. The van der Waals surface area contributed by atoms with Gasteiger partial charge in [0.2, 0.25) is 0 Å². The van der Waals surface area contributed by atoms with E-state index in [1.165, 1.54) is 44.9 Å². The molecule has 102 valence electrons. The predicted octanol–water partition coefficient (Wildman–Crippen LogP) is 4.88. The highest BCUT2D eigenvalue weighted by Crippen LogP contribution is 2.22. The standard InChI is InChI=1S/C15H25ClN2/c1-2-3-4-5-6-7-8-11-14(17)15-13(16)10-9-12-18-15/h9-10,12,14H,2-8,11,17H2,1H3.